The molecule has 0 spiro atoms. The summed E-state index contributed by atoms with van der Waals surface area (Å²) in [6, 6.07) is 5.69. The molecule has 4 N–H and O–H groups in total. The Balaban J connectivity index is 0.000000646. The van der Waals surface area contributed by atoms with Crippen LogP contribution in [-0.2, 0) is 10.4 Å². The molecule has 0 saturated heterocycles. The van der Waals surface area contributed by atoms with Gasteiger partial charge in [0.2, 0.25) is 0 Å². The quantitative estimate of drug-likeness (QED) is 0.505. The molecule has 152 valence electrons. The number of likely N-dealkylation sites (N-methyl/N-ethyl adjacent to an activating group) is 1. The van der Waals surface area contributed by atoms with E-state index in [2.05, 4.69) is 29.0 Å². The Hall–Kier alpha value is -1.49. The Morgan fingerprint density at radius 2 is 1.85 bits per heavy atom. The van der Waals surface area contributed by atoms with E-state index in [4.69, 9.17) is 29.1 Å². The minimum absolute atomic E-state index is 0.408. The van der Waals surface area contributed by atoms with Crippen LogP contribution in [0.1, 0.15) is 19.4 Å². The summed E-state index contributed by atoms with van der Waals surface area (Å²) in [6.45, 7) is 9.31. The number of fused-ring (bicyclic) bond motifs is 1. The fraction of sp³-hybridized carbons (Fsp3) is 0.471. The molecule has 2 rings (SSSR count). The van der Waals surface area contributed by atoms with E-state index in [1.807, 2.05) is 31.3 Å². The molecule has 27 heavy (non-hydrogen) atoms. The number of nitrogens with zero attached hydrogens (tertiary/aromatic N) is 2. The first-order chi connectivity index (χ1) is 12.5. The number of hydrogen-bond acceptors (Lipinski definition) is 6. The predicted molar refractivity (Wildman–Crippen MR) is 108 cm³/mol. The van der Waals surface area contributed by atoms with Gasteiger partial charge >= 0.3 is 10.4 Å². The van der Waals surface area contributed by atoms with Gasteiger partial charge in [-0.15, -0.1) is 0 Å². The second kappa shape index (κ2) is 10.7. The summed E-state index contributed by atoms with van der Waals surface area (Å²) in [4.78, 5) is 6.62. The van der Waals surface area contributed by atoms with Crippen LogP contribution < -0.4 is 5.32 Å². The number of hydrogen-bond donors (Lipinski definition) is 4. The number of pyridine rings is 1. The molecule has 1 heterocycles. The van der Waals surface area contributed by atoms with Crippen LogP contribution in [0, 0.1) is 6.92 Å². The zero-order chi connectivity index (χ0) is 20.6. The molecule has 0 fully saturated rings. The normalized spacial score (nSPS) is 12.6. The standard InChI is InChI=1S/C17H24ClN3O.H2O4S/c1-4-21(5-2)11-14(22)10-20-17-12(3)9-19-16-8-13(18)6-7-15(16)17;1-5(2,3)4/h6-9,14,22H,4-5,10-11H2,1-3H3,(H,19,20);(H2,1,2,3,4). The molecule has 1 unspecified atom stereocenters. The average molecular weight is 420 g/mol. The van der Waals surface area contributed by atoms with Crippen LogP contribution in [0.3, 0.4) is 0 Å². The summed E-state index contributed by atoms with van der Waals surface area (Å²) in [5.41, 5.74) is 2.93. The lowest BCUT2D eigenvalue weighted by atomic mass is 10.1. The SMILES string of the molecule is CCN(CC)CC(O)CNc1c(C)cnc2cc(Cl)ccc12.O=S(=O)(O)O. The Morgan fingerprint density at radius 3 is 2.41 bits per heavy atom. The number of halogens is 1. The Morgan fingerprint density at radius 1 is 1.26 bits per heavy atom. The summed E-state index contributed by atoms with van der Waals surface area (Å²) in [5.74, 6) is 0. The Labute approximate surface area is 164 Å². The molecule has 10 heteroatoms. The highest BCUT2D eigenvalue weighted by Gasteiger charge is 2.11. The minimum atomic E-state index is -4.67. The van der Waals surface area contributed by atoms with Crippen molar-refractivity contribution in [3.8, 4) is 0 Å². The number of aliphatic hydroxyl groups is 1. The van der Waals surface area contributed by atoms with Crippen LogP contribution in [0.2, 0.25) is 5.02 Å². The summed E-state index contributed by atoms with van der Waals surface area (Å²) in [5, 5.41) is 15.3. The molecule has 8 nitrogen and oxygen atoms in total. The zero-order valence-corrected chi connectivity index (χ0v) is 17.1. The fourth-order valence-corrected chi connectivity index (χ4v) is 2.73. The first-order valence-electron chi connectivity index (χ1n) is 8.44. The van der Waals surface area contributed by atoms with Crippen LogP contribution >= 0.6 is 11.6 Å². The maximum atomic E-state index is 10.2. The Kier molecular flexibility index (Phi) is 9.37. The molecule has 1 atom stereocenters. The highest BCUT2D eigenvalue weighted by Crippen LogP contribution is 2.27. The van der Waals surface area contributed by atoms with Crippen LogP contribution in [0.25, 0.3) is 10.9 Å². The van der Waals surface area contributed by atoms with Crippen molar-refractivity contribution in [3.63, 3.8) is 0 Å². The van der Waals surface area contributed by atoms with Crippen molar-refractivity contribution >= 4 is 38.6 Å². The molecule has 0 aliphatic carbocycles. The fourth-order valence-electron chi connectivity index (χ4n) is 2.57. The van der Waals surface area contributed by atoms with Crippen molar-refractivity contribution in [2.75, 3.05) is 31.5 Å². The third-order valence-electron chi connectivity index (χ3n) is 3.90. The largest absolute Gasteiger partial charge is 0.394 e. The molecule has 1 aromatic carbocycles. The van der Waals surface area contributed by atoms with E-state index in [0.717, 1.165) is 35.2 Å². The lowest BCUT2D eigenvalue weighted by Gasteiger charge is -2.23. The smallest absolute Gasteiger partial charge is 0.390 e. The van der Waals surface area contributed by atoms with E-state index < -0.39 is 16.5 Å². The van der Waals surface area contributed by atoms with Crippen molar-refractivity contribution in [2.24, 2.45) is 0 Å². The number of benzene rings is 1. The summed E-state index contributed by atoms with van der Waals surface area (Å²) in [7, 11) is -4.67. The van der Waals surface area contributed by atoms with Crippen molar-refractivity contribution in [1.82, 2.24) is 9.88 Å². The number of rotatable bonds is 7. The van der Waals surface area contributed by atoms with Gasteiger partial charge in [0.15, 0.2) is 0 Å². The third kappa shape index (κ3) is 8.83. The van der Waals surface area contributed by atoms with Gasteiger partial charge in [0.1, 0.15) is 0 Å². The molecule has 0 bridgehead atoms. The van der Waals surface area contributed by atoms with E-state index in [1.54, 1.807) is 0 Å². The highest BCUT2D eigenvalue weighted by molar-refractivity contribution is 7.79. The molecule has 0 amide bonds. The van der Waals surface area contributed by atoms with Gasteiger partial charge in [-0.2, -0.15) is 8.42 Å². The maximum absolute atomic E-state index is 10.2. The monoisotopic (exact) mass is 419 g/mol. The summed E-state index contributed by atoms with van der Waals surface area (Å²) >= 11 is 6.02. The third-order valence-corrected chi connectivity index (χ3v) is 4.13. The van der Waals surface area contributed by atoms with Crippen LogP contribution in [0.15, 0.2) is 24.4 Å². The molecule has 0 aliphatic rings. The van der Waals surface area contributed by atoms with Crippen LogP contribution in [0.4, 0.5) is 5.69 Å². The molecule has 0 aliphatic heterocycles. The second-order valence-electron chi connectivity index (χ2n) is 5.95. The number of aryl methyl sites for hydroxylation is 1. The van der Waals surface area contributed by atoms with Gasteiger partial charge in [0.05, 0.1) is 11.6 Å². The molecule has 0 saturated carbocycles. The molecular weight excluding hydrogens is 394 g/mol. The van der Waals surface area contributed by atoms with E-state index in [9.17, 15) is 5.11 Å². The number of anilines is 1. The van der Waals surface area contributed by atoms with Crippen molar-refractivity contribution in [3.05, 3.63) is 35.0 Å². The van der Waals surface area contributed by atoms with Gasteiger partial charge in [-0.25, -0.2) is 0 Å². The van der Waals surface area contributed by atoms with Crippen molar-refractivity contribution in [2.45, 2.75) is 26.9 Å². The first kappa shape index (κ1) is 23.5. The van der Waals surface area contributed by atoms with Gasteiger partial charge in [-0.3, -0.25) is 14.1 Å². The second-order valence-corrected chi connectivity index (χ2v) is 7.28. The van der Waals surface area contributed by atoms with Gasteiger partial charge in [-0.05, 0) is 43.8 Å². The maximum Gasteiger partial charge on any atom is 0.394 e. The van der Waals surface area contributed by atoms with Crippen molar-refractivity contribution < 1.29 is 22.6 Å². The van der Waals surface area contributed by atoms with E-state index in [1.165, 1.54) is 0 Å². The lowest BCUT2D eigenvalue weighted by Crippen LogP contribution is -2.36. The van der Waals surface area contributed by atoms with E-state index in [0.29, 0.717) is 18.1 Å². The topological polar surface area (TPSA) is 123 Å². The summed E-state index contributed by atoms with van der Waals surface area (Å²) < 4.78 is 31.6. The molecule has 2 aromatic rings. The summed E-state index contributed by atoms with van der Waals surface area (Å²) in [6.07, 6.45) is 1.42. The predicted octanol–water partition coefficient (Wildman–Crippen LogP) is 2.66. The van der Waals surface area contributed by atoms with Crippen LogP contribution in [-0.4, -0.2) is 64.8 Å². The van der Waals surface area contributed by atoms with E-state index in [-0.39, 0.29) is 0 Å². The highest BCUT2D eigenvalue weighted by atomic mass is 35.5. The van der Waals surface area contributed by atoms with E-state index >= 15 is 0 Å². The van der Waals surface area contributed by atoms with Crippen molar-refractivity contribution in [1.29, 1.82) is 0 Å². The number of aliphatic hydroxyl groups excluding tert-OH is 1. The lowest BCUT2D eigenvalue weighted by molar-refractivity contribution is 0.128. The molecule has 1 aromatic heterocycles. The Bertz CT molecular complexity index is 836. The van der Waals surface area contributed by atoms with Crippen LogP contribution in [0.5, 0.6) is 0 Å². The first-order valence-corrected chi connectivity index (χ1v) is 10.2. The average Bonchev–Trinajstić information content (AvgIpc) is 2.57. The molecular formula is C17H26ClN3O5S. The number of nitrogens with one attached hydrogen (secondary N) is 1. The van der Waals surface area contributed by atoms with Gasteiger partial charge in [0.25, 0.3) is 0 Å². The van der Waals surface area contributed by atoms with Gasteiger partial charge < -0.3 is 15.3 Å². The van der Waals surface area contributed by atoms with Gasteiger partial charge in [-0.1, -0.05) is 25.4 Å². The zero-order valence-electron chi connectivity index (χ0n) is 15.6. The minimum Gasteiger partial charge on any atom is -0.390 e. The number of aromatic nitrogens is 1. The molecule has 0 radical (unpaired) electrons. The van der Waals surface area contributed by atoms with Gasteiger partial charge in [0, 0.05) is 35.4 Å².